The van der Waals surface area contributed by atoms with Crippen molar-refractivity contribution in [2.75, 3.05) is 19.3 Å². The minimum atomic E-state index is -0.979. The molecule has 0 saturated carbocycles. The Morgan fingerprint density at radius 2 is 2.33 bits per heavy atom. The van der Waals surface area contributed by atoms with Crippen molar-refractivity contribution >= 4 is 34.2 Å². The SMILES string of the molecule is CS(=O)N1CCCC(Oc2nc(Cl)ncc2Cl)C1. The molecule has 0 aliphatic carbocycles. The second-order valence-electron chi connectivity index (χ2n) is 3.99. The molecule has 0 radical (unpaired) electrons. The fourth-order valence-corrected chi connectivity index (χ4v) is 2.83. The summed E-state index contributed by atoms with van der Waals surface area (Å²) in [6.07, 6.45) is 4.81. The van der Waals surface area contributed by atoms with E-state index in [1.807, 2.05) is 4.31 Å². The highest BCUT2D eigenvalue weighted by molar-refractivity contribution is 7.81. The molecule has 1 aromatic heterocycles. The van der Waals surface area contributed by atoms with Crippen LogP contribution in [-0.4, -0.2) is 43.9 Å². The van der Waals surface area contributed by atoms with Crippen molar-refractivity contribution in [3.05, 3.63) is 16.5 Å². The van der Waals surface area contributed by atoms with Gasteiger partial charge in [-0.25, -0.2) is 13.5 Å². The van der Waals surface area contributed by atoms with Crippen molar-refractivity contribution < 1.29 is 8.95 Å². The monoisotopic (exact) mass is 309 g/mol. The topological polar surface area (TPSA) is 55.3 Å². The third-order valence-corrected chi connectivity index (χ3v) is 4.17. The molecule has 1 fully saturated rings. The van der Waals surface area contributed by atoms with E-state index in [2.05, 4.69) is 9.97 Å². The standard InChI is InChI=1S/C10H13Cl2N3O2S/c1-18(16)15-4-2-3-7(6-15)17-9-8(11)5-13-10(12)14-9/h5,7H,2-4,6H2,1H3. The maximum absolute atomic E-state index is 11.4. The van der Waals surface area contributed by atoms with Gasteiger partial charge in [0, 0.05) is 19.3 Å². The molecule has 2 heterocycles. The Bertz CT molecular complexity index is 461. The first-order valence-corrected chi connectivity index (χ1v) is 7.76. The predicted molar refractivity (Wildman–Crippen MR) is 71.3 cm³/mol. The fraction of sp³-hybridized carbons (Fsp3) is 0.600. The molecule has 0 N–H and O–H groups in total. The number of ether oxygens (including phenoxy) is 1. The van der Waals surface area contributed by atoms with Gasteiger partial charge in [-0.1, -0.05) is 11.6 Å². The van der Waals surface area contributed by atoms with Gasteiger partial charge in [-0.15, -0.1) is 0 Å². The highest BCUT2D eigenvalue weighted by atomic mass is 35.5. The van der Waals surface area contributed by atoms with Crippen LogP contribution >= 0.6 is 23.2 Å². The number of hydrogen-bond acceptors (Lipinski definition) is 4. The normalized spacial score (nSPS) is 22.7. The van der Waals surface area contributed by atoms with Crippen molar-refractivity contribution in [2.45, 2.75) is 18.9 Å². The molecule has 0 bridgehead atoms. The number of piperidine rings is 1. The zero-order valence-electron chi connectivity index (χ0n) is 9.81. The largest absolute Gasteiger partial charge is 0.472 e. The highest BCUT2D eigenvalue weighted by Crippen LogP contribution is 2.25. The first-order valence-electron chi connectivity index (χ1n) is 5.49. The summed E-state index contributed by atoms with van der Waals surface area (Å²) in [7, 11) is -0.979. The van der Waals surface area contributed by atoms with E-state index in [1.54, 1.807) is 6.26 Å². The van der Waals surface area contributed by atoms with Gasteiger partial charge in [0.25, 0.3) is 0 Å². The maximum atomic E-state index is 11.4. The second kappa shape index (κ2) is 6.14. The van der Waals surface area contributed by atoms with E-state index < -0.39 is 11.0 Å². The summed E-state index contributed by atoms with van der Waals surface area (Å²) in [6, 6.07) is 0. The van der Waals surface area contributed by atoms with E-state index in [9.17, 15) is 4.21 Å². The van der Waals surface area contributed by atoms with Gasteiger partial charge in [0.1, 0.15) is 11.1 Å². The van der Waals surface area contributed by atoms with Crippen LogP contribution in [0.2, 0.25) is 10.3 Å². The zero-order chi connectivity index (χ0) is 13.1. The maximum Gasteiger partial charge on any atom is 0.237 e. The Balaban J connectivity index is 2.04. The summed E-state index contributed by atoms with van der Waals surface area (Å²) >= 11 is 11.6. The molecule has 8 heteroatoms. The first kappa shape index (κ1) is 14.0. The number of rotatable bonds is 3. The van der Waals surface area contributed by atoms with Crippen LogP contribution in [0.5, 0.6) is 5.88 Å². The Labute approximate surface area is 118 Å². The second-order valence-corrected chi connectivity index (χ2v) is 6.10. The van der Waals surface area contributed by atoms with E-state index >= 15 is 0 Å². The Kier molecular flexibility index (Phi) is 4.77. The molecule has 2 atom stereocenters. The summed E-state index contributed by atoms with van der Waals surface area (Å²) < 4.78 is 19.0. The third-order valence-electron chi connectivity index (χ3n) is 2.67. The molecule has 1 aliphatic heterocycles. The van der Waals surface area contributed by atoms with Gasteiger partial charge < -0.3 is 4.74 Å². The first-order chi connectivity index (χ1) is 8.56. The van der Waals surface area contributed by atoms with Crippen LogP contribution in [0.15, 0.2) is 6.20 Å². The van der Waals surface area contributed by atoms with E-state index in [0.717, 1.165) is 19.4 Å². The lowest BCUT2D eigenvalue weighted by Crippen LogP contribution is -2.41. The molecule has 1 saturated heterocycles. The van der Waals surface area contributed by atoms with E-state index in [0.29, 0.717) is 11.6 Å². The molecule has 100 valence electrons. The summed E-state index contributed by atoms with van der Waals surface area (Å²) in [5.74, 6) is 0.283. The lowest BCUT2D eigenvalue weighted by molar-refractivity contribution is 0.127. The van der Waals surface area contributed by atoms with E-state index in [-0.39, 0.29) is 17.3 Å². The Morgan fingerprint density at radius 3 is 3.06 bits per heavy atom. The Hall–Kier alpha value is -0.430. The fourth-order valence-electron chi connectivity index (χ4n) is 1.81. The van der Waals surface area contributed by atoms with Crippen LogP contribution in [0.3, 0.4) is 0 Å². The average molecular weight is 310 g/mol. The van der Waals surface area contributed by atoms with E-state index in [1.165, 1.54) is 6.20 Å². The average Bonchev–Trinajstić information content (AvgIpc) is 2.34. The minimum Gasteiger partial charge on any atom is -0.472 e. The summed E-state index contributed by atoms with van der Waals surface area (Å²) in [5, 5.41) is 0.426. The van der Waals surface area contributed by atoms with Crippen LogP contribution in [0.4, 0.5) is 0 Å². The summed E-state index contributed by atoms with van der Waals surface area (Å²) in [6.45, 7) is 1.42. The highest BCUT2D eigenvalue weighted by Gasteiger charge is 2.24. The van der Waals surface area contributed by atoms with Crippen molar-refractivity contribution in [2.24, 2.45) is 0 Å². The molecule has 5 nitrogen and oxygen atoms in total. The quantitative estimate of drug-likeness (QED) is 0.801. The smallest absolute Gasteiger partial charge is 0.237 e. The molecule has 1 aliphatic rings. The molecular weight excluding hydrogens is 297 g/mol. The van der Waals surface area contributed by atoms with E-state index in [4.69, 9.17) is 27.9 Å². The number of aromatic nitrogens is 2. The van der Waals surface area contributed by atoms with Gasteiger partial charge in [0.05, 0.1) is 17.2 Å². The Morgan fingerprint density at radius 1 is 1.56 bits per heavy atom. The summed E-state index contributed by atoms with van der Waals surface area (Å²) in [5.41, 5.74) is 0. The lowest BCUT2D eigenvalue weighted by atomic mass is 10.1. The molecule has 18 heavy (non-hydrogen) atoms. The number of halogens is 2. The van der Waals surface area contributed by atoms with Crippen LogP contribution in [0.25, 0.3) is 0 Å². The minimum absolute atomic E-state index is 0.0777. The van der Waals surface area contributed by atoms with Crippen LogP contribution in [-0.2, 0) is 11.0 Å². The van der Waals surface area contributed by atoms with Crippen LogP contribution in [0.1, 0.15) is 12.8 Å². The lowest BCUT2D eigenvalue weighted by Gasteiger charge is -2.30. The van der Waals surface area contributed by atoms with Crippen LogP contribution in [0, 0.1) is 0 Å². The number of nitrogens with zero attached hydrogens (tertiary/aromatic N) is 3. The van der Waals surface area contributed by atoms with Gasteiger partial charge >= 0.3 is 0 Å². The molecule has 2 unspecified atom stereocenters. The van der Waals surface area contributed by atoms with Crippen LogP contribution < -0.4 is 4.74 Å². The van der Waals surface area contributed by atoms with Gasteiger partial charge in [-0.2, -0.15) is 4.98 Å². The molecule has 2 rings (SSSR count). The molecule has 1 aromatic rings. The number of hydrogen-bond donors (Lipinski definition) is 0. The van der Waals surface area contributed by atoms with Crippen molar-refractivity contribution in [1.82, 2.24) is 14.3 Å². The van der Waals surface area contributed by atoms with Crippen molar-refractivity contribution in [3.8, 4) is 5.88 Å². The van der Waals surface area contributed by atoms with Crippen molar-refractivity contribution in [1.29, 1.82) is 0 Å². The van der Waals surface area contributed by atoms with Gasteiger partial charge in [0.15, 0.2) is 0 Å². The van der Waals surface area contributed by atoms with Crippen molar-refractivity contribution in [3.63, 3.8) is 0 Å². The zero-order valence-corrected chi connectivity index (χ0v) is 12.1. The summed E-state index contributed by atoms with van der Waals surface area (Å²) in [4.78, 5) is 7.70. The van der Waals surface area contributed by atoms with Gasteiger partial charge in [-0.05, 0) is 24.4 Å². The van der Waals surface area contributed by atoms with Gasteiger partial charge in [-0.3, -0.25) is 0 Å². The van der Waals surface area contributed by atoms with Gasteiger partial charge in [0.2, 0.25) is 11.2 Å². The molecule has 0 amide bonds. The third kappa shape index (κ3) is 3.54. The predicted octanol–water partition coefficient (Wildman–Crippen LogP) is 1.92. The molecule has 0 aromatic carbocycles. The molecular formula is C10H13Cl2N3O2S. The molecule has 0 spiro atoms.